The lowest BCUT2D eigenvalue weighted by molar-refractivity contribution is 1.26. The Morgan fingerprint density at radius 3 is 2.70 bits per heavy atom. The third kappa shape index (κ3) is 0.978. The van der Waals surface area contributed by atoms with E-state index in [1.165, 1.54) is 6.21 Å². The molecule has 1 aromatic heterocycles. The van der Waals surface area contributed by atoms with E-state index in [0.717, 1.165) is 11.1 Å². The van der Waals surface area contributed by atoms with Crippen molar-refractivity contribution in [1.82, 2.24) is 4.98 Å². The number of hydrogen-bond acceptors (Lipinski definition) is 3. The van der Waals surface area contributed by atoms with Crippen LogP contribution in [0.4, 0.5) is 5.69 Å². The van der Waals surface area contributed by atoms with E-state index in [0.29, 0.717) is 5.69 Å². The molecule has 0 aliphatic heterocycles. The van der Waals surface area contributed by atoms with Crippen LogP contribution in [0.3, 0.4) is 0 Å². The standard InChI is InChI=1S/C7H9N3/c1-5-3-10-4-7(9)6(5)2-8/h2-4,8H,9H2,1H3. The first-order valence-electron chi connectivity index (χ1n) is 2.96. The zero-order valence-electron chi connectivity index (χ0n) is 5.76. The van der Waals surface area contributed by atoms with Crippen LogP contribution in [-0.2, 0) is 0 Å². The highest BCUT2D eigenvalue weighted by molar-refractivity contribution is 5.86. The highest BCUT2D eigenvalue weighted by Gasteiger charge is 1.97. The van der Waals surface area contributed by atoms with Gasteiger partial charge in [-0.2, -0.15) is 0 Å². The average Bonchev–Trinajstić information content (AvgIpc) is 1.88. The van der Waals surface area contributed by atoms with Crippen LogP contribution in [0, 0.1) is 12.3 Å². The van der Waals surface area contributed by atoms with Crippen molar-refractivity contribution in [3.05, 3.63) is 23.5 Å². The number of hydrogen-bond donors (Lipinski definition) is 2. The first-order chi connectivity index (χ1) is 4.75. The number of anilines is 1. The Labute approximate surface area is 59.4 Å². The Kier molecular flexibility index (Phi) is 1.67. The van der Waals surface area contributed by atoms with Crippen molar-refractivity contribution in [2.24, 2.45) is 0 Å². The molecular formula is C7H9N3. The van der Waals surface area contributed by atoms with Crippen LogP contribution in [0.5, 0.6) is 0 Å². The highest BCUT2D eigenvalue weighted by Crippen LogP contribution is 2.10. The predicted molar refractivity (Wildman–Crippen MR) is 41.3 cm³/mol. The summed E-state index contributed by atoms with van der Waals surface area (Å²) in [6.07, 6.45) is 4.48. The fourth-order valence-electron chi connectivity index (χ4n) is 0.793. The van der Waals surface area contributed by atoms with Crippen molar-refractivity contribution in [3.8, 4) is 0 Å². The van der Waals surface area contributed by atoms with E-state index >= 15 is 0 Å². The molecule has 0 aromatic carbocycles. The van der Waals surface area contributed by atoms with E-state index in [4.69, 9.17) is 11.1 Å². The lowest BCUT2D eigenvalue weighted by Crippen LogP contribution is -1.96. The van der Waals surface area contributed by atoms with Gasteiger partial charge in [-0.15, -0.1) is 0 Å². The van der Waals surface area contributed by atoms with Gasteiger partial charge in [0, 0.05) is 18.0 Å². The second-order valence-electron chi connectivity index (χ2n) is 2.10. The third-order valence-electron chi connectivity index (χ3n) is 1.36. The van der Waals surface area contributed by atoms with Gasteiger partial charge in [-0.3, -0.25) is 4.98 Å². The van der Waals surface area contributed by atoms with Gasteiger partial charge in [0.2, 0.25) is 0 Å². The molecule has 1 rings (SSSR count). The number of nitrogens with one attached hydrogen (secondary N) is 1. The molecule has 0 radical (unpaired) electrons. The monoisotopic (exact) mass is 135 g/mol. The maximum atomic E-state index is 6.99. The molecule has 3 N–H and O–H groups in total. The number of aromatic nitrogens is 1. The molecule has 0 saturated carbocycles. The van der Waals surface area contributed by atoms with Crippen LogP contribution in [-0.4, -0.2) is 11.2 Å². The number of rotatable bonds is 1. The van der Waals surface area contributed by atoms with Gasteiger partial charge >= 0.3 is 0 Å². The topological polar surface area (TPSA) is 62.8 Å². The third-order valence-corrected chi connectivity index (χ3v) is 1.36. The zero-order chi connectivity index (χ0) is 7.56. The Bertz CT molecular complexity index is 235. The molecule has 0 fully saturated rings. The molecule has 1 aromatic rings. The molecule has 0 saturated heterocycles. The summed E-state index contributed by atoms with van der Waals surface area (Å²) >= 11 is 0. The fraction of sp³-hybridized carbons (Fsp3) is 0.143. The fourth-order valence-corrected chi connectivity index (χ4v) is 0.793. The maximum absolute atomic E-state index is 6.99. The maximum Gasteiger partial charge on any atom is 0.0592 e. The van der Waals surface area contributed by atoms with Gasteiger partial charge in [-0.05, 0) is 12.5 Å². The molecule has 1 heterocycles. The summed E-state index contributed by atoms with van der Waals surface area (Å²) < 4.78 is 0. The normalized spacial score (nSPS) is 9.30. The van der Waals surface area contributed by atoms with Crippen LogP contribution in [0.1, 0.15) is 11.1 Å². The summed E-state index contributed by atoms with van der Waals surface area (Å²) in [4.78, 5) is 3.86. The van der Waals surface area contributed by atoms with Crippen LogP contribution in [0.15, 0.2) is 12.4 Å². The SMILES string of the molecule is Cc1cncc(N)c1C=N. The van der Waals surface area contributed by atoms with E-state index in [1.54, 1.807) is 12.4 Å². The number of nitrogens with two attached hydrogens (primary N) is 1. The lowest BCUT2D eigenvalue weighted by Gasteiger charge is -2.00. The molecule has 10 heavy (non-hydrogen) atoms. The van der Waals surface area contributed by atoms with E-state index in [2.05, 4.69) is 4.98 Å². The summed E-state index contributed by atoms with van der Waals surface area (Å²) in [6, 6.07) is 0. The summed E-state index contributed by atoms with van der Waals surface area (Å²) in [5.74, 6) is 0. The minimum absolute atomic E-state index is 0.565. The average molecular weight is 135 g/mol. The zero-order valence-corrected chi connectivity index (χ0v) is 5.76. The largest absolute Gasteiger partial charge is 0.397 e. The molecule has 3 heteroatoms. The Morgan fingerprint density at radius 1 is 1.60 bits per heavy atom. The number of aryl methyl sites for hydroxylation is 1. The highest BCUT2D eigenvalue weighted by atomic mass is 14.7. The number of pyridine rings is 1. The molecule has 0 bridgehead atoms. The lowest BCUT2D eigenvalue weighted by atomic mass is 10.1. The summed E-state index contributed by atoms with van der Waals surface area (Å²) in [5.41, 5.74) is 7.78. The second-order valence-corrected chi connectivity index (χ2v) is 2.10. The van der Waals surface area contributed by atoms with Gasteiger partial charge in [0.05, 0.1) is 11.9 Å². The smallest absolute Gasteiger partial charge is 0.0592 e. The summed E-state index contributed by atoms with van der Waals surface area (Å²) in [6.45, 7) is 1.88. The molecule has 0 unspecified atom stereocenters. The van der Waals surface area contributed by atoms with Crippen LogP contribution < -0.4 is 5.73 Å². The first kappa shape index (κ1) is 6.74. The van der Waals surface area contributed by atoms with Gasteiger partial charge < -0.3 is 11.1 Å². The van der Waals surface area contributed by atoms with Crippen molar-refractivity contribution < 1.29 is 0 Å². The van der Waals surface area contributed by atoms with E-state index in [9.17, 15) is 0 Å². The molecular weight excluding hydrogens is 126 g/mol. The quantitative estimate of drug-likeness (QED) is 0.563. The van der Waals surface area contributed by atoms with Crippen molar-refractivity contribution in [2.75, 3.05) is 5.73 Å². The van der Waals surface area contributed by atoms with E-state index in [-0.39, 0.29) is 0 Å². The molecule has 52 valence electrons. The number of nitrogens with zero attached hydrogens (tertiary/aromatic N) is 1. The van der Waals surface area contributed by atoms with Crippen molar-refractivity contribution in [1.29, 1.82) is 5.41 Å². The molecule has 0 atom stereocenters. The summed E-state index contributed by atoms with van der Waals surface area (Å²) in [5, 5.41) is 6.99. The molecule has 0 spiro atoms. The van der Waals surface area contributed by atoms with Gasteiger partial charge in [-0.25, -0.2) is 0 Å². The van der Waals surface area contributed by atoms with Gasteiger partial charge in [-0.1, -0.05) is 0 Å². The van der Waals surface area contributed by atoms with Crippen molar-refractivity contribution in [2.45, 2.75) is 6.92 Å². The minimum atomic E-state index is 0.565. The molecule has 0 aliphatic carbocycles. The van der Waals surface area contributed by atoms with E-state index in [1.807, 2.05) is 6.92 Å². The van der Waals surface area contributed by atoms with Gasteiger partial charge in [0.25, 0.3) is 0 Å². The van der Waals surface area contributed by atoms with Crippen LogP contribution in [0.25, 0.3) is 0 Å². The first-order valence-corrected chi connectivity index (χ1v) is 2.96. The van der Waals surface area contributed by atoms with Crippen LogP contribution >= 0.6 is 0 Å². The van der Waals surface area contributed by atoms with E-state index < -0.39 is 0 Å². The van der Waals surface area contributed by atoms with Gasteiger partial charge in [0.1, 0.15) is 0 Å². The summed E-state index contributed by atoms with van der Waals surface area (Å²) in [7, 11) is 0. The Morgan fingerprint density at radius 2 is 2.30 bits per heavy atom. The van der Waals surface area contributed by atoms with Crippen molar-refractivity contribution in [3.63, 3.8) is 0 Å². The molecule has 0 amide bonds. The second kappa shape index (κ2) is 2.47. The van der Waals surface area contributed by atoms with Gasteiger partial charge in [0.15, 0.2) is 0 Å². The Balaban J connectivity index is 3.30. The number of nitrogen functional groups attached to an aromatic ring is 1. The van der Waals surface area contributed by atoms with Crippen LogP contribution in [0.2, 0.25) is 0 Å². The Hall–Kier alpha value is -1.38. The minimum Gasteiger partial charge on any atom is -0.397 e. The predicted octanol–water partition coefficient (Wildman–Crippen LogP) is 0.970. The van der Waals surface area contributed by atoms with Crippen molar-refractivity contribution >= 4 is 11.9 Å². The molecule has 3 nitrogen and oxygen atoms in total. The molecule has 0 aliphatic rings.